The van der Waals surface area contributed by atoms with Gasteiger partial charge in [-0.05, 0) is 70.5 Å². The molecule has 3 rings (SSSR count). The summed E-state index contributed by atoms with van der Waals surface area (Å²) < 4.78 is 1.13. The van der Waals surface area contributed by atoms with Crippen molar-refractivity contribution in [3.63, 3.8) is 0 Å². The number of nitrogen functional groups attached to an aromatic ring is 1. The van der Waals surface area contributed by atoms with Gasteiger partial charge in [0.25, 0.3) is 5.91 Å². The van der Waals surface area contributed by atoms with Crippen LogP contribution < -0.4 is 5.73 Å². The van der Waals surface area contributed by atoms with Crippen LogP contribution in [0.15, 0.2) is 42.5 Å². The zero-order valence-corrected chi connectivity index (χ0v) is 13.1. The Kier molecular flexibility index (Phi) is 3.65. The van der Waals surface area contributed by atoms with Crippen molar-refractivity contribution >= 4 is 34.2 Å². The predicted octanol–water partition coefficient (Wildman–Crippen LogP) is 3.07. The molecule has 102 valence electrons. The minimum Gasteiger partial charge on any atom is -0.398 e. The molecule has 1 heterocycles. The van der Waals surface area contributed by atoms with E-state index in [1.807, 2.05) is 41.3 Å². The van der Waals surface area contributed by atoms with Crippen molar-refractivity contribution in [3.05, 3.63) is 62.7 Å². The first-order valence-corrected chi connectivity index (χ1v) is 7.64. The summed E-state index contributed by atoms with van der Waals surface area (Å²) in [6.45, 7) is 1.36. The van der Waals surface area contributed by atoms with Crippen LogP contribution in [-0.4, -0.2) is 17.4 Å². The van der Waals surface area contributed by atoms with Gasteiger partial charge in [-0.3, -0.25) is 4.79 Å². The number of rotatable bonds is 1. The monoisotopic (exact) mass is 378 g/mol. The normalized spacial score (nSPS) is 13.9. The van der Waals surface area contributed by atoms with Crippen molar-refractivity contribution < 1.29 is 4.79 Å². The van der Waals surface area contributed by atoms with E-state index in [1.54, 1.807) is 0 Å². The summed E-state index contributed by atoms with van der Waals surface area (Å²) >= 11 is 2.24. The second kappa shape index (κ2) is 5.44. The summed E-state index contributed by atoms with van der Waals surface area (Å²) in [5, 5.41) is 0. The third kappa shape index (κ3) is 2.52. The van der Waals surface area contributed by atoms with Gasteiger partial charge in [0.2, 0.25) is 0 Å². The van der Waals surface area contributed by atoms with Gasteiger partial charge >= 0.3 is 0 Å². The summed E-state index contributed by atoms with van der Waals surface area (Å²) in [4.78, 5) is 14.4. The van der Waals surface area contributed by atoms with Gasteiger partial charge in [-0.15, -0.1) is 0 Å². The van der Waals surface area contributed by atoms with E-state index in [2.05, 4.69) is 28.7 Å². The van der Waals surface area contributed by atoms with Gasteiger partial charge in [-0.2, -0.15) is 0 Å². The van der Waals surface area contributed by atoms with Crippen molar-refractivity contribution in [2.75, 3.05) is 12.3 Å². The van der Waals surface area contributed by atoms with Crippen molar-refractivity contribution in [1.29, 1.82) is 0 Å². The molecule has 4 heteroatoms. The molecule has 2 aromatic carbocycles. The SMILES string of the molecule is Nc1cccc2c1CN(C(=O)c1ccc(I)cc1)CC2. The van der Waals surface area contributed by atoms with Gasteiger partial charge in [-0.1, -0.05) is 12.1 Å². The average molecular weight is 378 g/mol. The summed E-state index contributed by atoms with van der Waals surface area (Å²) in [6, 6.07) is 13.7. The fourth-order valence-electron chi connectivity index (χ4n) is 2.56. The Hall–Kier alpha value is -1.56. The Morgan fingerprint density at radius 2 is 1.90 bits per heavy atom. The molecule has 0 aromatic heterocycles. The molecule has 0 atom stereocenters. The molecular formula is C16H15IN2O. The molecule has 0 unspecified atom stereocenters. The van der Waals surface area contributed by atoms with Crippen LogP contribution in [0, 0.1) is 3.57 Å². The largest absolute Gasteiger partial charge is 0.398 e. The highest BCUT2D eigenvalue weighted by molar-refractivity contribution is 14.1. The first-order chi connectivity index (χ1) is 9.65. The van der Waals surface area contributed by atoms with Crippen LogP contribution in [0.4, 0.5) is 5.69 Å². The zero-order chi connectivity index (χ0) is 14.1. The van der Waals surface area contributed by atoms with Crippen molar-refractivity contribution in [1.82, 2.24) is 4.90 Å². The van der Waals surface area contributed by atoms with Gasteiger partial charge in [0, 0.05) is 27.9 Å². The molecule has 2 aromatic rings. The molecule has 0 radical (unpaired) electrons. The van der Waals surface area contributed by atoms with E-state index in [-0.39, 0.29) is 5.91 Å². The topological polar surface area (TPSA) is 46.3 Å². The maximum absolute atomic E-state index is 12.5. The molecule has 0 saturated carbocycles. The number of carbonyl (C=O) groups is 1. The van der Waals surface area contributed by atoms with E-state index in [0.717, 1.165) is 33.4 Å². The van der Waals surface area contributed by atoms with E-state index in [1.165, 1.54) is 5.56 Å². The first-order valence-electron chi connectivity index (χ1n) is 6.56. The van der Waals surface area contributed by atoms with Crippen LogP contribution in [-0.2, 0) is 13.0 Å². The van der Waals surface area contributed by atoms with E-state index in [4.69, 9.17) is 5.73 Å². The van der Waals surface area contributed by atoms with E-state index in [9.17, 15) is 4.79 Å². The van der Waals surface area contributed by atoms with Crippen LogP contribution in [0.3, 0.4) is 0 Å². The van der Waals surface area contributed by atoms with Crippen molar-refractivity contribution in [3.8, 4) is 0 Å². The Labute approximate surface area is 131 Å². The van der Waals surface area contributed by atoms with E-state index >= 15 is 0 Å². The molecule has 0 aliphatic carbocycles. The quantitative estimate of drug-likeness (QED) is 0.613. The molecule has 1 amide bonds. The molecule has 3 nitrogen and oxygen atoms in total. The van der Waals surface area contributed by atoms with Crippen LogP contribution in [0.25, 0.3) is 0 Å². The van der Waals surface area contributed by atoms with Gasteiger partial charge in [-0.25, -0.2) is 0 Å². The minimum absolute atomic E-state index is 0.0790. The van der Waals surface area contributed by atoms with Gasteiger partial charge in [0.1, 0.15) is 0 Å². The lowest BCUT2D eigenvalue weighted by Gasteiger charge is -2.29. The third-order valence-electron chi connectivity index (χ3n) is 3.69. The maximum Gasteiger partial charge on any atom is 0.254 e. The number of hydrogen-bond acceptors (Lipinski definition) is 2. The number of benzene rings is 2. The number of nitrogens with zero attached hydrogens (tertiary/aromatic N) is 1. The third-order valence-corrected chi connectivity index (χ3v) is 4.41. The van der Waals surface area contributed by atoms with Crippen molar-refractivity contribution in [2.24, 2.45) is 0 Å². The highest BCUT2D eigenvalue weighted by atomic mass is 127. The van der Waals surface area contributed by atoms with Gasteiger partial charge < -0.3 is 10.6 Å². The van der Waals surface area contributed by atoms with Gasteiger partial charge in [0.15, 0.2) is 0 Å². The standard InChI is InChI=1S/C16H15IN2O/c17-13-6-4-12(5-7-13)16(20)19-9-8-11-2-1-3-15(18)14(11)10-19/h1-7H,8-10,18H2. The number of halogens is 1. The van der Waals surface area contributed by atoms with Crippen LogP contribution >= 0.6 is 22.6 Å². The molecule has 1 aliphatic rings. The van der Waals surface area contributed by atoms with E-state index < -0.39 is 0 Å². The number of hydrogen-bond donors (Lipinski definition) is 1. The number of amides is 1. The molecule has 2 N–H and O–H groups in total. The number of fused-ring (bicyclic) bond motifs is 1. The van der Waals surface area contributed by atoms with Crippen LogP contribution in [0.5, 0.6) is 0 Å². The molecule has 0 spiro atoms. The zero-order valence-electron chi connectivity index (χ0n) is 11.0. The smallest absolute Gasteiger partial charge is 0.254 e. The molecule has 0 bridgehead atoms. The molecular weight excluding hydrogens is 363 g/mol. The molecule has 20 heavy (non-hydrogen) atoms. The Morgan fingerprint density at radius 1 is 1.15 bits per heavy atom. The first kappa shape index (κ1) is 13.4. The number of nitrogens with two attached hydrogens (primary N) is 1. The Bertz CT molecular complexity index is 652. The highest BCUT2D eigenvalue weighted by Crippen LogP contribution is 2.25. The molecule has 0 saturated heterocycles. The maximum atomic E-state index is 12.5. The van der Waals surface area contributed by atoms with E-state index in [0.29, 0.717) is 6.54 Å². The Balaban J connectivity index is 1.85. The average Bonchev–Trinajstić information content (AvgIpc) is 2.47. The molecule has 0 fully saturated rings. The highest BCUT2D eigenvalue weighted by Gasteiger charge is 2.22. The van der Waals surface area contributed by atoms with Gasteiger partial charge in [0.05, 0.1) is 0 Å². The second-order valence-corrected chi connectivity index (χ2v) is 6.21. The summed E-state index contributed by atoms with van der Waals surface area (Å²) in [5.74, 6) is 0.0790. The lowest BCUT2D eigenvalue weighted by atomic mass is 9.97. The fourth-order valence-corrected chi connectivity index (χ4v) is 2.91. The lowest BCUT2D eigenvalue weighted by molar-refractivity contribution is 0.0735. The number of anilines is 1. The molecule has 1 aliphatic heterocycles. The Morgan fingerprint density at radius 3 is 2.65 bits per heavy atom. The van der Waals surface area contributed by atoms with Crippen molar-refractivity contribution in [2.45, 2.75) is 13.0 Å². The van der Waals surface area contributed by atoms with Crippen LogP contribution in [0.2, 0.25) is 0 Å². The summed E-state index contributed by atoms with van der Waals surface area (Å²) in [5.41, 5.74) is 9.90. The lowest BCUT2D eigenvalue weighted by Crippen LogP contribution is -2.36. The minimum atomic E-state index is 0.0790. The summed E-state index contributed by atoms with van der Waals surface area (Å²) in [6.07, 6.45) is 0.872. The predicted molar refractivity (Wildman–Crippen MR) is 88.5 cm³/mol. The number of carbonyl (C=O) groups excluding carboxylic acids is 1. The fraction of sp³-hybridized carbons (Fsp3) is 0.188. The second-order valence-electron chi connectivity index (χ2n) is 4.97. The van der Waals surface area contributed by atoms with Crippen LogP contribution in [0.1, 0.15) is 21.5 Å². The summed E-state index contributed by atoms with van der Waals surface area (Å²) in [7, 11) is 0.